The van der Waals surface area contributed by atoms with Gasteiger partial charge in [-0.05, 0) is 36.0 Å². The summed E-state index contributed by atoms with van der Waals surface area (Å²) in [5, 5.41) is -0.547. The quantitative estimate of drug-likeness (QED) is 0.729. The average Bonchev–Trinajstić information content (AvgIpc) is 2.85. The molecule has 4 nitrogen and oxygen atoms in total. The van der Waals surface area contributed by atoms with Gasteiger partial charge in [-0.25, -0.2) is 0 Å². The van der Waals surface area contributed by atoms with E-state index >= 15 is 0 Å². The first-order chi connectivity index (χ1) is 9.20. The molecule has 1 saturated heterocycles. The third-order valence-electron chi connectivity index (χ3n) is 6.61. The van der Waals surface area contributed by atoms with E-state index in [1.54, 1.807) is 0 Å². The Hall–Kier alpha value is -0.710. The molecular weight excluding hydrogens is 274 g/mol. The number of imide groups is 1. The molecule has 2 unspecified atom stereocenters. The van der Waals surface area contributed by atoms with Crippen molar-refractivity contribution in [2.45, 2.75) is 57.0 Å². The van der Waals surface area contributed by atoms with E-state index in [1.807, 2.05) is 0 Å². The van der Waals surface area contributed by atoms with Gasteiger partial charge in [0.05, 0.1) is 6.42 Å². The predicted molar refractivity (Wildman–Crippen MR) is 77.3 cm³/mol. The number of rotatable bonds is 2. The normalized spacial score (nSPS) is 44.4. The minimum absolute atomic E-state index is 0.0347. The molecule has 0 aromatic rings. The van der Waals surface area contributed by atoms with Crippen molar-refractivity contribution in [1.29, 1.82) is 0 Å². The molecule has 0 aromatic carbocycles. The van der Waals surface area contributed by atoms with Crippen molar-refractivity contribution in [3.8, 4) is 0 Å². The van der Waals surface area contributed by atoms with Gasteiger partial charge in [-0.3, -0.25) is 18.7 Å². The van der Waals surface area contributed by atoms with Gasteiger partial charge in [0.1, 0.15) is 5.25 Å². The number of carbonyl (C=O) groups is 2. The Morgan fingerprint density at radius 1 is 1.25 bits per heavy atom. The Morgan fingerprint density at radius 2 is 1.90 bits per heavy atom. The maximum absolute atomic E-state index is 12.9. The molecule has 3 aliphatic rings. The predicted octanol–water partition coefficient (Wildman–Crippen LogP) is 1.71. The van der Waals surface area contributed by atoms with Crippen LogP contribution >= 0.6 is 0 Å². The molecule has 0 N–H and O–H groups in total. The van der Waals surface area contributed by atoms with Crippen molar-refractivity contribution in [2.24, 2.45) is 16.7 Å². The van der Waals surface area contributed by atoms with Gasteiger partial charge in [0.15, 0.2) is 0 Å². The highest BCUT2D eigenvalue weighted by Gasteiger charge is 2.64. The minimum Gasteiger partial charge on any atom is -0.285 e. The zero-order valence-electron chi connectivity index (χ0n) is 12.6. The third-order valence-corrected chi connectivity index (χ3v) is 8.82. The van der Waals surface area contributed by atoms with Gasteiger partial charge < -0.3 is 0 Å². The van der Waals surface area contributed by atoms with Crippen LogP contribution in [-0.4, -0.2) is 38.5 Å². The van der Waals surface area contributed by atoms with Crippen LogP contribution in [0.5, 0.6) is 0 Å². The van der Waals surface area contributed by atoms with Crippen LogP contribution in [0.2, 0.25) is 0 Å². The smallest absolute Gasteiger partial charge is 0.245 e. The van der Waals surface area contributed by atoms with Crippen molar-refractivity contribution in [3.63, 3.8) is 0 Å². The Labute approximate surface area is 122 Å². The summed E-state index contributed by atoms with van der Waals surface area (Å²) in [6.07, 6.45) is 3.36. The summed E-state index contributed by atoms with van der Waals surface area (Å²) in [4.78, 5) is 24.9. The van der Waals surface area contributed by atoms with Crippen LogP contribution in [0.15, 0.2) is 0 Å². The second-order valence-corrected chi connectivity index (χ2v) is 9.21. The summed E-state index contributed by atoms with van der Waals surface area (Å²) in [5.74, 6) is 0.157. The zero-order chi connectivity index (χ0) is 14.9. The fourth-order valence-corrected chi connectivity index (χ4v) is 7.00. The summed E-state index contributed by atoms with van der Waals surface area (Å²) >= 11 is 0. The first-order valence-corrected chi connectivity index (χ1v) is 8.67. The van der Waals surface area contributed by atoms with Gasteiger partial charge in [0.25, 0.3) is 0 Å². The fraction of sp³-hybridized carbons (Fsp3) is 0.867. The lowest BCUT2D eigenvalue weighted by Crippen LogP contribution is -2.42. The van der Waals surface area contributed by atoms with Crippen molar-refractivity contribution in [2.75, 3.05) is 7.05 Å². The number of hydrogen-bond acceptors (Lipinski definition) is 3. The summed E-state index contributed by atoms with van der Waals surface area (Å²) in [6.45, 7) is 6.78. The molecule has 1 heterocycles. The third kappa shape index (κ3) is 1.56. The SMILES string of the molecule is CN1C(=O)CC(S(=O)[C@H]2C[C@@H]3CC[C@@]2(C)C3(C)C)C1=O. The summed E-state index contributed by atoms with van der Waals surface area (Å²) in [7, 11) is 0.255. The van der Waals surface area contributed by atoms with E-state index in [1.165, 1.54) is 13.5 Å². The number of fused-ring (bicyclic) bond motifs is 2. The van der Waals surface area contributed by atoms with Gasteiger partial charge in [-0.15, -0.1) is 0 Å². The first-order valence-electron chi connectivity index (χ1n) is 7.40. The highest BCUT2D eigenvalue weighted by molar-refractivity contribution is 7.87. The summed E-state index contributed by atoms with van der Waals surface area (Å²) in [6, 6.07) is 0. The highest BCUT2D eigenvalue weighted by atomic mass is 32.2. The number of nitrogens with zero attached hydrogens (tertiary/aromatic N) is 1. The molecule has 0 radical (unpaired) electrons. The van der Waals surface area contributed by atoms with E-state index in [2.05, 4.69) is 20.8 Å². The molecule has 5 atom stereocenters. The maximum Gasteiger partial charge on any atom is 0.245 e. The lowest BCUT2D eigenvalue weighted by Gasteiger charge is -2.39. The lowest BCUT2D eigenvalue weighted by molar-refractivity contribution is -0.136. The average molecular weight is 297 g/mol. The molecule has 2 amide bonds. The van der Waals surface area contributed by atoms with Crippen molar-refractivity contribution < 1.29 is 13.8 Å². The van der Waals surface area contributed by atoms with Crippen LogP contribution in [0, 0.1) is 16.7 Å². The van der Waals surface area contributed by atoms with Gasteiger partial charge in [-0.1, -0.05) is 20.8 Å². The molecule has 2 aliphatic carbocycles. The Morgan fingerprint density at radius 3 is 2.30 bits per heavy atom. The molecule has 0 spiro atoms. The zero-order valence-corrected chi connectivity index (χ0v) is 13.5. The largest absolute Gasteiger partial charge is 0.285 e. The van der Waals surface area contributed by atoms with Crippen LogP contribution in [0.3, 0.4) is 0 Å². The molecule has 2 saturated carbocycles. The molecule has 20 heavy (non-hydrogen) atoms. The molecule has 2 bridgehead atoms. The number of hydrogen-bond donors (Lipinski definition) is 0. The Kier molecular flexibility index (Phi) is 2.96. The molecule has 5 heteroatoms. The minimum atomic E-state index is -1.24. The van der Waals surface area contributed by atoms with E-state index in [4.69, 9.17) is 0 Å². The standard InChI is InChI=1S/C15H23NO3S/c1-14(2)9-5-6-15(14,3)11(7-9)20(19)10-8-12(17)16(4)13(10)18/h9-11H,5-8H2,1-4H3/t9-,10?,11-,15+,20?/m0/s1. The fourth-order valence-electron chi connectivity index (χ4n) is 4.58. The van der Waals surface area contributed by atoms with Crippen LogP contribution in [0.25, 0.3) is 0 Å². The number of carbonyl (C=O) groups excluding carboxylic acids is 2. The number of amides is 2. The highest BCUT2D eigenvalue weighted by Crippen LogP contribution is 2.67. The van der Waals surface area contributed by atoms with Crippen LogP contribution < -0.4 is 0 Å². The van der Waals surface area contributed by atoms with E-state index in [9.17, 15) is 13.8 Å². The van der Waals surface area contributed by atoms with Gasteiger partial charge in [0.2, 0.25) is 11.8 Å². The molecule has 3 fully saturated rings. The van der Waals surface area contributed by atoms with Crippen molar-refractivity contribution in [3.05, 3.63) is 0 Å². The summed E-state index contributed by atoms with van der Waals surface area (Å²) in [5.41, 5.74) is 0.220. The first kappa shape index (κ1) is 14.2. The Balaban J connectivity index is 1.87. The van der Waals surface area contributed by atoms with Crippen LogP contribution in [0.4, 0.5) is 0 Å². The maximum atomic E-state index is 12.9. The van der Waals surface area contributed by atoms with E-state index < -0.39 is 16.0 Å². The topological polar surface area (TPSA) is 54.5 Å². The van der Waals surface area contributed by atoms with Crippen molar-refractivity contribution >= 4 is 22.6 Å². The molecule has 0 aromatic heterocycles. The number of likely N-dealkylation sites (tertiary alicyclic amines) is 1. The Bertz CT molecular complexity index is 515. The second kappa shape index (κ2) is 4.15. The summed E-state index contributed by atoms with van der Waals surface area (Å²) < 4.78 is 12.9. The van der Waals surface area contributed by atoms with Gasteiger partial charge in [-0.2, -0.15) is 0 Å². The van der Waals surface area contributed by atoms with Crippen LogP contribution in [0.1, 0.15) is 46.5 Å². The second-order valence-electron chi connectivity index (χ2n) is 7.41. The molecule has 3 rings (SSSR count). The molecule has 112 valence electrons. The molecule has 1 aliphatic heterocycles. The van der Waals surface area contributed by atoms with Gasteiger partial charge in [0, 0.05) is 23.1 Å². The van der Waals surface area contributed by atoms with E-state index in [0.717, 1.165) is 17.7 Å². The van der Waals surface area contributed by atoms with Crippen LogP contribution in [-0.2, 0) is 20.4 Å². The monoisotopic (exact) mass is 297 g/mol. The van der Waals surface area contributed by atoms with E-state index in [-0.39, 0.29) is 34.3 Å². The van der Waals surface area contributed by atoms with E-state index in [0.29, 0.717) is 5.92 Å². The molecular formula is C15H23NO3S. The van der Waals surface area contributed by atoms with Gasteiger partial charge >= 0.3 is 0 Å². The lowest BCUT2D eigenvalue weighted by atomic mass is 9.71. The van der Waals surface area contributed by atoms with Crippen molar-refractivity contribution in [1.82, 2.24) is 4.90 Å².